The van der Waals surface area contributed by atoms with Crippen molar-refractivity contribution in [2.45, 2.75) is 87.9 Å². The summed E-state index contributed by atoms with van der Waals surface area (Å²) in [6.07, 6.45) is 1.88. The molecule has 0 radical (unpaired) electrons. The number of anilines is 1. The van der Waals surface area contributed by atoms with Gasteiger partial charge < -0.3 is 29.9 Å². The number of aryl methyl sites for hydroxylation is 1. The first-order chi connectivity index (χ1) is 24.1. The summed E-state index contributed by atoms with van der Waals surface area (Å²) in [5.41, 5.74) is 0.695. The molecule has 274 valence electrons. The second-order valence-electron chi connectivity index (χ2n) is 14.0. The van der Waals surface area contributed by atoms with Gasteiger partial charge in [-0.05, 0) is 83.0 Å². The molecule has 2 unspecified atom stereocenters. The molecule has 6 rings (SSSR count). The van der Waals surface area contributed by atoms with Crippen LogP contribution in [0.4, 0.5) is 15.8 Å². The minimum atomic E-state index is -1.87. The number of fused-ring (bicyclic) bond motifs is 2. The number of nitrogens with one attached hydrogen (secondary N) is 2. The lowest BCUT2D eigenvalue weighted by molar-refractivity contribution is -0.384. The fourth-order valence-corrected chi connectivity index (χ4v) is 7.85. The molecule has 12 nitrogen and oxygen atoms in total. The predicted octanol–water partition coefficient (Wildman–Crippen LogP) is 5.57. The summed E-state index contributed by atoms with van der Waals surface area (Å²) in [4.78, 5) is 53.9. The molecule has 1 aromatic heterocycles. The van der Waals surface area contributed by atoms with Crippen molar-refractivity contribution in [2.24, 2.45) is 5.92 Å². The van der Waals surface area contributed by atoms with Crippen LogP contribution in [0.25, 0.3) is 10.9 Å². The predicted molar refractivity (Wildman–Crippen MR) is 193 cm³/mol. The standard InChI is InChI=1S/C36H42Cl2FN5O7/c1-18-27-30(34(51-4)31(29(18)39)42-16-21-6-5-15-40-25(21)17-42)43(22-11-12-22)19(2)28(33(27)47)26(45)14-13-24(41-35(48)36(3,37)38)32(46)20-7-9-23(10-8-20)44(49)50/h7-10,21-22,24-25,32,40,46H,5-6,11-17H2,1-4H3,(H,41,48)/t21?,24-,25?,32-/m1/s1. The molecular weight excluding hydrogens is 704 g/mol. The molecule has 2 saturated heterocycles. The Kier molecular flexibility index (Phi) is 10.4. The van der Waals surface area contributed by atoms with E-state index in [9.17, 15) is 29.6 Å². The molecule has 4 atom stereocenters. The number of nitro benzene ring substituents is 1. The van der Waals surface area contributed by atoms with Crippen LogP contribution in [0.1, 0.15) is 84.8 Å². The molecule has 1 saturated carbocycles. The third kappa shape index (κ3) is 7.05. The number of halogens is 3. The SMILES string of the molecule is COc1c(N2CC3CCCNC3C2)c(F)c(C)c2c(=O)c(C(=O)CC[C@@H](NC(=O)C(C)(Cl)Cl)[C@H](O)c3ccc([N+](=O)[O-])cc3)c(C)n(C3CC3)c12. The zero-order chi connectivity index (χ0) is 36.9. The van der Waals surface area contributed by atoms with Gasteiger partial charge in [-0.15, -0.1) is 0 Å². The highest BCUT2D eigenvalue weighted by Crippen LogP contribution is 2.47. The van der Waals surface area contributed by atoms with E-state index in [1.807, 2.05) is 9.47 Å². The number of aromatic nitrogens is 1. The summed E-state index contributed by atoms with van der Waals surface area (Å²) in [7, 11) is 1.47. The van der Waals surface area contributed by atoms with Gasteiger partial charge in [-0.25, -0.2) is 4.39 Å². The normalized spacial score (nSPS) is 20.2. The number of benzene rings is 2. The average Bonchev–Trinajstić information content (AvgIpc) is 3.83. The number of non-ortho nitro benzene ring substituents is 1. The summed E-state index contributed by atoms with van der Waals surface area (Å²) < 4.78 is 22.6. The van der Waals surface area contributed by atoms with E-state index >= 15 is 4.39 Å². The van der Waals surface area contributed by atoms with Crippen LogP contribution in [-0.2, 0) is 4.79 Å². The minimum absolute atomic E-state index is 0.0183. The lowest BCUT2D eigenvalue weighted by Crippen LogP contribution is -2.45. The van der Waals surface area contributed by atoms with E-state index in [0.29, 0.717) is 35.9 Å². The van der Waals surface area contributed by atoms with Crippen LogP contribution in [0, 0.1) is 35.7 Å². The summed E-state index contributed by atoms with van der Waals surface area (Å²) >= 11 is 12.0. The van der Waals surface area contributed by atoms with E-state index in [-0.39, 0.29) is 58.4 Å². The highest BCUT2D eigenvalue weighted by atomic mass is 35.5. The number of hydrogen-bond acceptors (Lipinski definition) is 9. The molecule has 3 N–H and O–H groups in total. The fraction of sp³-hybridized carbons (Fsp3) is 0.528. The molecule has 1 amide bonds. The van der Waals surface area contributed by atoms with Crippen molar-refractivity contribution in [3.05, 3.63) is 72.8 Å². The van der Waals surface area contributed by atoms with Gasteiger partial charge in [0.15, 0.2) is 21.7 Å². The molecule has 2 aromatic carbocycles. The number of ether oxygens (including phenoxy) is 1. The maximum absolute atomic E-state index is 16.6. The Morgan fingerprint density at radius 3 is 2.47 bits per heavy atom. The van der Waals surface area contributed by atoms with Crippen LogP contribution in [-0.4, -0.2) is 69.4 Å². The van der Waals surface area contributed by atoms with Crippen molar-refractivity contribution in [1.82, 2.24) is 15.2 Å². The van der Waals surface area contributed by atoms with Crippen LogP contribution in [0.3, 0.4) is 0 Å². The highest BCUT2D eigenvalue weighted by molar-refractivity contribution is 6.57. The third-order valence-corrected chi connectivity index (χ3v) is 10.9. The van der Waals surface area contributed by atoms with Crippen molar-refractivity contribution in [1.29, 1.82) is 0 Å². The molecule has 0 bridgehead atoms. The maximum Gasteiger partial charge on any atom is 0.269 e. The number of hydrogen-bond donors (Lipinski definition) is 3. The van der Waals surface area contributed by atoms with Crippen molar-refractivity contribution < 1.29 is 28.7 Å². The molecule has 3 aliphatic rings. The van der Waals surface area contributed by atoms with Crippen molar-refractivity contribution in [3.8, 4) is 5.75 Å². The average molecular weight is 747 g/mol. The number of aliphatic hydroxyl groups excluding tert-OH is 1. The van der Waals surface area contributed by atoms with Gasteiger partial charge in [-0.2, -0.15) is 0 Å². The number of alkyl halides is 2. The number of aliphatic hydroxyl groups is 1. The second-order valence-corrected chi connectivity index (χ2v) is 15.7. The summed E-state index contributed by atoms with van der Waals surface area (Å²) in [6.45, 7) is 6.71. The van der Waals surface area contributed by atoms with E-state index in [4.69, 9.17) is 27.9 Å². The Morgan fingerprint density at radius 1 is 1.20 bits per heavy atom. The lowest BCUT2D eigenvalue weighted by Gasteiger charge is -2.28. The zero-order valence-corrected chi connectivity index (χ0v) is 30.4. The number of amides is 1. The van der Waals surface area contributed by atoms with Gasteiger partial charge in [-0.3, -0.25) is 24.5 Å². The van der Waals surface area contributed by atoms with Gasteiger partial charge in [0.2, 0.25) is 5.43 Å². The zero-order valence-electron chi connectivity index (χ0n) is 28.9. The van der Waals surface area contributed by atoms with E-state index in [1.165, 1.54) is 38.3 Å². The Hall–Kier alpha value is -3.78. The first-order valence-electron chi connectivity index (χ1n) is 17.2. The number of pyridine rings is 1. The van der Waals surface area contributed by atoms with E-state index in [0.717, 1.165) is 32.2 Å². The molecule has 3 fully saturated rings. The number of methoxy groups -OCH3 is 1. The van der Waals surface area contributed by atoms with Gasteiger partial charge in [0.1, 0.15) is 5.69 Å². The van der Waals surface area contributed by atoms with Crippen molar-refractivity contribution in [2.75, 3.05) is 31.6 Å². The van der Waals surface area contributed by atoms with Crippen LogP contribution in [0.5, 0.6) is 5.75 Å². The molecule has 3 aromatic rings. The van der Waals surface area contributed by atoms with Gasteiger partial charge in [0.05, 0.1) is 40.6 Å². The largest absolute Gasteiger partial charge is 0.492 e. The molecule has 15 heteroatoms. The van der Waals surface area contributed by atoms with E-state index in [1.54, 1.807) is 13.8 Å². The lowest BCUT2D eigenvalue weighted by atomic mass is 9.93. The summed E-state index contributed by atoms with van der Waals surface area (Å²) in [6, 6.07) is 4.21. The third-order valence-electron chi connectivity index (χ3n) is 10.5. The molecule has 1 aliphatic carbocycles. The van der Waals surface area contributed by atoms with Crippen LogP contribution in [0.2, 0.25) is 0 Å². The van der Waals surface area contributed by atoms with Crippen molar-refractivity contribution in [3.63, 3.8) is 0 Å². The number of carbonyl (C=O) groups excluding carboxylic acids is 2. The Morgan fingerprint density at radius 2 is 1.88 bits per heavy atom. The minimum Gasteiger partial charge on any atom is -0.492 e. The smallest absolute Gasteiger partial charge is 0.269 e. The van der Waals surface area contributed by atoms with Crippen molar-refractivity contribution >= 4 is 57.2 Å². The molecule has 2 aliphatic heterocycles. The number of piperidine rings is 1. The Bertz CT molecular complexity index is 1930. The Balaban J connectivity index is 1.38. The first-order valence-corrected chi connectivity index (χ1v) is 18.0. The number of ketones is 1. The number of nitrogens with zero attached hydrogens (tertiary/aromatic N) is 3. The van der Waals surface area contributed by atoms with E-state index in [2.05, 4.69) is 10.6 Å². The van der Waals surface area contributed by atoms with Crippen LogP contribution < -0.4 is 25.7 Å². The monoisotopic (exact) mass is 745 g/mol. The summed E-state index contributed by atoms with van der Waals surface area (Å²) in [5.74, 6) is -1.29. The number of carbonyl (C=O) groups is 2. The summed E-state index contributed by atoms with van der Waals surface area (Å²) in [5, 5.41) is 28.7. The molecule has 51 heavy (non-hydrogen) atoms. The van der Waals surface area contributed by atoms with Crippen LogP contribution in [0.15, 0.2) is 29.1 Å². The first kappa shape index (κ1) is 37.0. The molecule has 3 heterocycles. The van der Waals surface area contributed by atoms with Gasteiger partial charge in [-0.1, -0.05) is 23.2 Å². The highest BCUT2D eigenvalue weighted by Gasteiger charge is 2.40. The number of rotatable bonds is 12. The molecular formula is C36H42Cl2FN5O7. The Labute approximate surface area is 304 Å². The van der Waals surface area contributed by atoms with E-state index < -0.39 is 44.3 Å². The number of nitro groups is 1. The fourth-order valence-electron chi connectivity index (χ4n) is 7.74. The second kappa shape index (κ2) is 14.3. The van der Waals surface area contributed by atoms with Crippen LogP contribution >= 0.6 is 23.2 Å². The maximum atomic E-state index is 16.6. The molecule has 0 spiro atoms. The van der Waals surface area contributed by atoms with Gasteiger partial charge >= 0.3 is 0 Å². The quantitative estimate of drug-likeness (QED) is 0.0934. The van der Waals surface area contributed by atoms with Gasteiger partial charge in [0, 0.05) is 55.0 Å². The van der Waals surface area contributed by atoms with Gasteiger partial charge in [0.25, 0.3) is 11.6 Å². The number of Topliss-reactive ketones (excluding diaryl/α,β-unsaturated/α-hetero) is 1. The topological polar surface area (TPSA) is 156 Å².